The Morgan fingerprint density at radius 2 is 1.85 bits per heavy atom. The van der Waals surface area contributed by atoms with E-state index in [0.29, 0.717) is 5.92 Å². The van der Waals surface area contributed by atoms with Gasteiger partial charge in [0.2, 0.25) is 0 Å². The van der Waals surface area contributed by atoms with Crippen molar-refractivity contribution >= 4 is 0 Å². The summed E-state index contributed by atoms with van der Waals surface area (Å²) in [6.45, 7) is 6.01. The molecule has 0 bridgehead atoms. The maximum atomic E-state index is 5.84. The molecule has 0 aliphatic carbocycles. The van der Waals surface area contributed by atoms with Gasteiger partial charge in [-0.2, -0.15) is 0 Å². The van der Waals surface area contributed by atoms with Crippen molar-refractivity contribution in [3.05, 3.63) is 29.8 Å². The van der Waals surface area contributed by atoms with Gasteiger partial charge in [-0.05, 0) is 43.0 Å². The van der Waals surface area contributed by atoms with Crippen molar-refractivity contribution in [3.8, 4) is 5.75 Å². The Kier molecular flexibility index (Phi) is 9.14. The van der Waals surface area contributed by atoms with E-state index in [4.69, 9.17) is 10.5 Å². The van der Waals surface area contributed by atoms with Gasteiger partial charge in [0.25, 0.3) is 0 Å². The van der Waals surface area contributed by atoms with Crippen molar-refractivity contribution in [2.75, 3.05) is 13.2 Å². The van der Waals surface area contributed by atoms with Gasteiger partial charge in [-0.25, -0.2) is 0 Å². The lowest BCUT2D eigenvalue weighted by Crippen LogP contribution is -2.13. The molecule has 0 saturated carbocycles. The van der Waals surface area contributed by atoms with E-state index in [1.165, 1.54) is 37.7 Å². The van der Waals surface area contributed by atoms with E-state index < -0.39 is 0 Å². The zero-order valence-corrected chi connectivity index (χ0v) is 13.2. The Labute approximate surface area is 124 Å². The lowest BCUT2D eigenvalue weighted by Gasteiger charge is -2.11. The highest BCUT2D eigenvalue weighted by Gasteiger charge is 2.02. The third-order valence-electron chi connectivity index (χ3n) is 3.65. The van der Waals surface area contributed by atoms with E-state index in [2.05, 4.69) is 32.0 Å². The summed E-state index contributed by atoms with van der Waals surface area (Å²) in [6.07, 6.45) is 8.85. The Hall–Kier alpha value is -1.02. The molecule has 1 aromatic rings. The van der Waals surface area contributed by atoms with Gasteiger partial charge in [-0.3, -0.25) is 0 Å². The van der Waals surface area contributed by atoms with Crippen molar-refractivity contribution in [2.24, 2.45) is 11.7 Å². The largest absolute Gasteiger partial charge is 0.494 e. The molecule has 0 aromatic heterocycles. The van der Waals surface area contributed by atoms with E-state index in [0.717, 1.165) is 31.7 Å². The predicted molar refractivity (Wildman–Crippen MR) is 87.2 cm³/mol. The summed E-state index contributed by atoms with van der Waals surface area (Å²) >= 11 is 0. The van der Waals surface area contributed by atoms with Crippen LogP contribution in [0.1, 0.15) is 57.9 Å². The van der Waals surface area contributed by atoms with Crippen molar-refractivity contribution < 1.29 is 4.74 Å². The van der Waals surface area contributed by atoms with Crippen LogP contribution in [0.15, 0.2) is 24.3 Å². The predicted octanol–water partition coefficient (Wildman–Crippen LogP) is 4.56. The molecule has 0 amide bonds. The fraction of sp³-hybridized carbons (Fsp3) is 0.667. The molecule has 0 radical (unpaired) electrons. The van der Waals surface area contributed by atoms with E-state index in [1.807, 2.05) is 6.07 Å². The van der Waals surface area contributed by atoms with Crippen LogP contribution in [0, 0.1) is 5.92 Å². The van der Waals surface area contributed by atoms with Crippen LogP contribution in [0.3, 0.4) is 0 Å². The van der Waals surface area contributed by atoms with Crippen LogP contribution in [-0.4, -0.2) is 13.2 Å². The smallest absolute Gasteiger partial charge is 0.119 e. The van der Waals surface area contributed by atoms with Crippen LogP contribution >= 0.6 is 0 Å². The monoisotopic (exact) mass is 277 g/mol. The Bertz CT molecular complexity index is 351. The lowest BCUT2D eigenvalue weighted by atomic mass is 10.0. The highest BCUT2D eigenvalue weighted by atomic mass is 16.5. The second-order valence-corrected chi connectivity index (χ2v) is 5.81. The van der Waals surface area contributed by atoms with E-state index in [-0.39, 0.29) is 0 Å². The molecule has 1 aromatic carbocycles. The van der Waals surface area contributed by atoms with Crippen LogP contribution in [0.5, 0.6) is 5.75 Å². The molecule has 20 heavy (non-hydrogen) atoms. The molecule has 0 fully saturated rings. The molecule has 0 unspecified atom stereocenters. The quantitative estimate of drug-likeness (QED) is 0.602. The maximum Gasteiger partial charge on any atom is 0.119 e. The van der Waals surface area contributed by atoms with Crippen LogP contribution in [0.4, 0.5) is 0 Å². The van der Waals surface area contributed by atoms with Gasteiger partial charge in [-0.1, -0.05) is 58.1 Å². The summed E-state index contributed by atoms with van der Waals surface area (Å²) in [7, 11) is 0. The number of benzene rings is 1. The summed E-state index contributed by atoms with van der Waals surface area (Å²) < 4.78 is 5.84. The molecule has 0 spiro atoms. The molecule has 0 aliphatic heterocycles. The highest BCUT2D eigenvalue weighted by molar-refractivity contribution is 5.28. The molecule has 114 valence electrons. The molecule has 2 heteroatoms. The SMILES string of the molecule is CCCCCCCCOc1cccc(C[C@@H](C)CN)c1. The molecule has 0 aliphatic rings. The van der Waals surface area contributed by atoms with Crippen molar-refractivity contribution in [1.29, 1.82) is 0 Å². The molecular weight excluding hydrogens is 246 g/mol. The summed E-state index contributed by atoms with van der Waals surface area (Å²) in [5, 5.41) is 0. The number of rotatable bonds is 11. The molecule has 1 atom stereocenters. The van der Waals surface area contributed by atoms with Gasteiger partial charge in [0, 0.05) is 0 Å². The molecule has 2 N–H and O–H groups in total. The Balaban J connectivity index is 2.21. The van der Waals surface area contributed by atoms with Crippen LogP contribution in [0.25, 0.3) is 0 Å². The van der Waals surface area contributed by atoms with Crippen LogP contribution in [-0.2, 0) is 6.42 Å². The molecule has 0 saturated heterocycles. The standard InChI is InChI=1S/C18H31NO/c1-3-4-5-6-7-8-12-20-18-11-9-10-17(14-18)13-16(2)15-19/h9-11,14,16H,3-8,12-13,15,19H2,1-2H3/t16-/m1/s1. The van der Waals surface area contributed by atoms with Gasteiger partial charge < -0.3 is 10.5 Å². The van der Waals surface area contributed by atoms with E-state index >= 15 is 0 Å². The fourth-order valence-corrected chi connectivity index (χ4v) is 2.32. The van der Waals surface area contributed by atoms with E-state index in [9.17, 15) is 0 Å². The summed E-state index contributed by atoms with van der Waals surface area (Å²) in [5.41, 5.74) is 7.00. The minimum Gasteiger partial charge on any atom is -0.494 e. The molecule has 1 rings (SSSR count). The molecule has 2 nitrogen and oxygen atoms in total. The number of hydrogen-bond donors (Lipinski definition) is 1. The van der Waals surface area contributed by atoms with Gasteiger partial charge >= 0.3 is 0 Å². The van der Waals surface area contributed by atoms with Gasteiger partial charge in [0.15, 0.2) is 0 Å². The average molecular weight is 277 g/mol. The first kappa shape index (κ1) is 17.0. The van der Waals surface area contributed by atoms with Crippen LogP contribution < -0.4 is 10.5 Å². The summed E-state index contributed by atoms with van der Waals surface area (Å²) in [6, 6.07) is 8.44. The van der Waals surface area contributed by atoms with Crippen molar-refractivity contribution in [2.45, 2.75) is 58.8 Å². The minimum absolute atomic E-state index is 0.531. The number of hydrogen-bond acceptors (Lipinski definition) is 2. The normalized spacial score (nSPS) is 12.3. The summed E-state index contributed by atoms with van der Waals surface area (Å²) in [4.78, 5) is 0. The number of ether oxygens (including phenoxy) is 1. The number of unbranched alkanes of at least 4 members (excludes halogenated alkanes) is 5. The van der Waals surface area contributed by atoms with Crippen molar-refractivity contribution in [3.63, 3.8) is 0 Å². The van der Waals surface area contributed by atoms with Gasteiger partial charge in [0.05, 0.1) is 6.61 Å². The first-order valence-corrected chi connectivity index (χ1v) is 8.18. The first-order chi connectivity index (χ1) is 9.76. The zero-order valence-electron chi connectivity index (χ0n) is 13.2. The Morgan fingerprint density at radius 1 is 1.10 bits per heavy atom. The lowest BCUT2D eigenvalue weighted by molar-refractivity contribution is 0.304. The number of nitrogens with two attached hydrogens (primary N) is 1. The second kappa shape index (κ2) is 10.7. The third kappa shape index (κ3) is 7.54. The molecular formula is C18H31NO. The first-order valence-electron chi connectivity index (χ1n) is 8.18. The minimum atomic E-state index is 0.531. The van der Waals surface area contributed by atoms with Gasteiger partial charge in [-0.15, -0.1) is 0 Å². The zero-order chi connectivity index (χ0) is 14.6. The summed E-state index contributed by atoms with van der Waals surface area (Å²) in [5.74, 6) is 1.53. The fourth-order valence-electron chi connectivity index (χ4n) is 2.32. The molecule has 0 heterocycles. The topological polar surface area (TPSA) is 35.2 Å². The second-order valence-electron chi connectivity index (χ2n) is 5.81. The van der Waals surface area contributed by atoms with E-state index in [1.54, 1.807) is 0 Å². The van der Waals surface area contributed by atoms with Gasteiger partial charge in [0.1, 0.15) is 5.75 Å². The van der Waals surface area contributed by atoms with Crippen LogP contribution in [0.2, 0.25) is 0 Å². The van der Waals surface area contributed by atoms with Crippen molar-refractivity contribution in [1.82, 2.24) is 0 Å². The maximum absolute atomic E-state index is 5.84. The third-order valence-corrected chi connectivity index (χ3v) is 3.65. The Morgan fingerprint density at radius 3 is 2.60 bits per heavy atom. The highest BCUT2D eigenvalue weighted by Crippen LogP contribution is 2.16. The average Bonchev–Trinajstić information content (AvgIpc) is 2.46.